The van der Waals surface area contributed by atoms with Gasteiger partial charge in [-0.2, -0.15) is 13.2 Å². The van der Waals surface area contributed by atoms with Crippen LogP contribution in [0.4, 0.5) is 13.2 Å². The van der Waals surface area contributed by atoms with Gasteiger partial charge in [-0.3, -0.25) is 92.1 Å². The molecule has 0 saturated carbocycles. The molecule has 51 nitrogen and oxygen atoms in total. The lowest BCUT2D eigenvalue weighted by molar-refractivity contribution is -0.149. The molecule has 12 atom stereocenters. The Bertz CT molecular complexity index is 3760. The second-order valence-electron chi connectivity index (χ2n) is 29.8. The van der Waals surface area contributed by atoms with Gasteiger partial charge in [0.25, 0.3) is 0 Å². The minimum Gasteiger partial charge on any atom is -0.480 e. The largest absolute Gasteiger partial charge is 0.480 e. The topological polar surface area (TPSA) is 906 Å². The van der Waals surface area contributed by atoms with Crippen molar-refractivity contribution in [2.45, 2.75) is 246 Å². The quantitative estimate of drug-likeness (QED) is 0.0153. The number of carbonyl (C=O) groups is 15. The number of alkyl halides is 3. The van der Waals surface area contributed by atoms with Crippen LogP contribution in [0.1, 0.15) is 167 Å². The minimum absolute atomic E-state index is 0.0280. The van der Waals surface area contributed by atoms with E-state index in [4.69, 9.17) is 91.7 Å². The molecule has 2 saturated heterocycles. The summed E-state index contributed by atoms with van der Waals surface area (Å²) in [7, 11) is 0. The normalized spacial score (nSPS) is 16.0. The highest BCUT2D eigenvalue weighted by molar-refractivity contribution is 6.00. The van der Waals surface area contributed by atoms with E-state index in [1.54, 1.807) is 0 Å². The molecular weight excluding hydrogens is 1670 g/mol. The fraction of sp³-hybridized carbons (Fsp3) is 0.708. The number of hydrogen-bond acceptors (Lipinski definition) is 24. The standard InChI is InChI=1S/C72H132F3N35O16/c73-72(74,75)38-98-71(91)97-34-9-19-44(102-56(116)41(14-2-4-28-77)101-55(115)40(13-1-3-27-76)100-54(114)39(99-53(113)37-78)15-5-29-92-66(81)82)58(118)103-43(17-7-31-94-68(85)86)59(119)106-46(23-25-51(79)111)61(121)105-42(16-6-30-93-67(83)84)57(117)104-45(18-8-32-95-69(87)88)60(120)107-47(20-10-33-96-70(89)90)63(123)110-36-12-22-50(110)64(124)109-35-11-21-49(109)62(122)108-48(65(125)126)24-26-52(80)112/h39-50H,1-38,76-78H2,(H2,79,111)(H2,80,112)(H,99,113)(H,100,114)(H,101,115)(H,102,116)(H,103,118)(H,104,117)(H,105,121)(H,106,119)(H,107,120)(H,108,122)(H,125,126)(H4,81,82,92)(H4,83,84,93)(H4,85,86,94)(H4,87,88,95)(H4,89,90,96)(H3,91,97,98)/t39-,40-,41-,42-,43-,44-,45-,46-,47-,48-,49-,50-/m0/s1. The maximum Gasteiger partial charge on any atom is 0.408 e. The summed E-state index contributed by atoms with van der Waals surface area (Å²) in [5.41, 5.74) is 89.6. The molecule has 0 aromatic rings. The number of halogens is 3. The zero-order chi connectivity index (χ0) is 94.6. The van der Waals surface area contributed by atoms with Crippen LogP contribution in [0.5, 0.6) is 0 Å². The van der Waals surface area contributed by atoms with Crippen molar-refractivity contribution in [3.63, 3.8) is 0 Å². The summed E-state index contributed by atoms with van der Waals surface area (Å²) in [4.78, 5) is 236. The third kappa shape index (κ3) is 45.1. The Labute approximate surface area is 726 Å². The number of nitrogens with zero attached hydrogens (tertiary/aromatic N) is 8. The average Bonchev–Trinajstić information content (AvgIpc) is 1.64. The predicted octanol–water partition coefficient (Wildman–Crippen LogP) is -11.8. The van der Waals surface area contributed by atoms with E-state index in [2.05, 4.69) is 88.4 Å². The fourth-order valence-electron chi connectivity index (χ4n) is 13.2. The number of nitrogens with one attached hydrogen (secondary N) is 11. The number of carboxylic acid groups (broad SMARTS) is 1. The molecule has 2 aliphatic heterocycles. The number of carbonyl (C=O) groups excluding carboxylic acids is 14. The molecule has 2 aliphatic rings. The number of nitrogens with two attached hydrogens (primary N) is 16. The third-order valence-electron chi connectivity index (χ3n) is 19.5. The summed E-state index contributed by atoms with van der Waals surface area (Å²) in [5, 5.41) is 37.9. The van der Waals surface area contributed by atoms with Gasteiger partial charge in [0.1, 0.15) is 79.0 Å². The number of guanidine groups is 6. The molecule has 0 aromatic carbocycles. The first kappa shape index (κ1) is 109. The van der Waals surface area contributed by atoms with Gasteiger partial charge in [-0.25, -0.2) is 9.79 Å². The van der Waals surface area contributed by atoms with Gasteiger partial charge in [0, 0.05) is 65.2 Å². The zero-order valence-electron chi connectivity index (χ0n) is 70.8. The molecule has 0 aromatic heterocycles. The first-order valence-electron chi connectivity index (χ1n) is 41.4. The molecule has 54 heteroatoms. The number of carboxylic acids is 1. The first-order chi connectivity index (χ1) is 59.5. The number of rotatable bonds is 62. The van der Waals surface area contributed by atoms with Gasteiger partial charge in [0.05, 0.1) is 6.54 Å². The number of aliphatic carboxylic acids is 1. The molecule has 2 heterocycles. The number of hydrogen-bond donors (Lipinski definition) is 28. The monoisotopic (exact) mass is 1800 g/mol. The van der Waals surface area contributed by atoms with Gasteiger partial charge in [0.2, 0.25) is 82.7 Å². The van der Waals surface area contributed by atoms with Gasteiger partial charge in [-0.15, -0.1) is 0 Å². The molecule has 126 heavy (non-hydrogen) atoms. The Morgan fingerprint density at radius 1 is 0.357 bits per heavy atom. The van der Waals surface area contributed by atoms with E-state index < -0.39 is 206 Å². The lowest BCUT2D eigenvalue weighted by Crippen LogP contribution is -2.61. The van der Waals surface area contributed by atoms with Crippen LogP contribution in [0.2, 0.25) is 0 Å². The van der Waals surface area contributed by atoms with Crippen molar-refractivity contribution in [1.29, 1.82) is 0 Å². The van der Waals surface area contributed by atoms with Gasteiger partial charge in [-0.1, -0.05) is 0 Å². The van der Waals surface area contributed by atoms with Gasteiger partial charge >= 0.3 is 12.1 Å². The maximum absolute atomic E-state index is 15.0. The van der Waals surface area contributed by atoms with Crippen LogP contribution >= 0.6 is 0 Å². The third-order valence-corrected chi connectivity index (χ3v) is 19.5. The van der Waals surface area contributed by atoms with Crippen LogP contribution in [-0.4, -0.2) is 297 Å². The van der Waals surface area contributed by atoms with Crippen LogP contribution < -0.4 is 150 Å². The van der Waals surface area contributed by atoms with Crippen LogP contribution in [0, 0.1) is 0 Å². The molecule has 14 amide bonds. The number of amides is 14. The molecule has 712 valence electrons. The van der Waals surface area contributed by atoms with Gasteiger partial charge in [0.15, 0.2) is 35.8 Å². The second-order valence-corrected chi connectivity index (χ2v) is 29.8. The predicted molar refractivity (Wildman–Crippen MR) is 457 cm³/mol. The summed E-state index contributed by atoms with van der Waals surface area (Å²) in [5.74, 6) is -17.0. The Kier molecular flexibility index (Phi) is 51.4. The van der Waals surface area contributed by atoms with E-state index >= 15 is 14.4 Å². The highest BCUT2D eigenvalue weighted by atomic mass is 19.4. The van der Waals surface area contributed by atoms with Crippen LogP contribution in [0.15, 0.2) is 30.0 Å². The summed E-state index contributed by atoms with van der Waals surface area (Å²) < 4.78 is 39.4. The molecular formula is C72H132F3N35O16. The van der Waals surface area contributed by atoms with Crippen molar-refractivity contribution in [3.8, 4) is 0 Å². The van der Waals surface area contributed by atoms with Crippen molar-refractivity contribution in [2.24, 2.45) is 122 Å². The number of unbranched alkanes of at least 4 members (excludes halogenated alkanes) is 2. The highest BCUT2D eigenvalue weighted by Crippen LogP contribution is 2.27. The van der Waals surface area contributed by atoms with Crippen molar-refractivity contribution < 1.29 is 90.2 Å². The molecule has 0 bridgehead atoms. The Hall–Kier alpha value is -12.7. The van der Waals surface area contributed by atoms with Crippen LogP contribution in [0.3, 0.4) is 0 Å². The summed E-state index contributed by atoms with van der Waals surface area (Å²) >= 11 is 0. The van der Waals surface area contributed by atoms with Gasteiger partial charge < -0.3 is 165 Å². The van der Waals surface area contributed by atoms with Crippen molar-refractivity contribution in [1.82, 2.24) is 68.3 Å². The van der Waals surface area contributed by atoms with Crippen LogP contribution in [-0.2, 0) is 71.9 Å². The molecule has 0 aliphatic carbocycles. The molecule has 0 radical (unpaired) electrons. The SMILES string of the molecule is NCCCC[C@H](NC(=O)[C@H](CCCN=C(N)N)NC(=O)CN)C(=O)N[C@@H](CCCCN)C(=O)N[C@@H](CCCNC(N)=NCC(F)(F)F)C(=O)N[C@@H](CCCN=C(N)N)C(=O)N[C@@H](CCC(N)=O)C(=O)N[C@@H](CCCN=C(N)N)C(=O)N[C@@H](CCCN=C(N)N)C(=O)N[C@@H](CCCN=C(N)N)C(=O)N1CCC[C@H]1C(=O)N1CCC[C@H]1C(=O)N[C@@H](CCC(N)=O)C(=O)O. The van der Waals surface area contributed by atoms with E-state index in [0.717, 1.165) is 0 Å². The van der Waals surface area contributed by atoms with E-state index in [9.17, 15) is 75.8 Å². The smallest absolute Gasteiger partial charge is 0.408 e. The van der Waals surface area contributed by atoms with Gasteiger partial charge in [-0.05, 0) is 167 Å². The Morgan fingerprint density at radius 3 is 0.984 bits per heavy atom. The minimum atomic E-state index is -4.75. The highest BCUT2D eigenvalue weighted by Gasteiger charge is 2.45. The number of aliphatic imine (C=N–C) groups is 6. The summed E-state index contributed by atoms with van der Waals surface area (Å²) in [6.07, 6.45) is -6.94. The van der Waals surface area contributed by atoms with E-state index in [-0.39, 0.29) is 224 Å². The van der Waals surface area contributed by atoms with E-state index in [1.807, 2.05) is 0 Å². The Balaban J connectivity index is 2.82. The molecule has 44 N–H and O–H groups in total. The average molecular weight is 1800 g/mol. The van der Waals surface area contributed by atoms with Crippen molar-refractivity contribution in [3.05, 3.63) is 0 Å². The summed E-state index contributed by atoms with van der Waals surface area (Å²) in [6.45, 7) is -2.69. The van der Waals surface area contributed by atoms with Crippen molar-refractivity contribution >= 4 is 124 Å². The molecule has 0 unspecified atom stereocenters. The second kappa shape index (κ2) is 59.2. The van der Waals surface area contributed by atoms with E-state index in [1.165, 1.54) is 9.80 Å². The molecule has 2 fully saturated rings. The van der Waals surface area contributed by atoms with Crippen LogP contribution in [0.25, 0.3) is 0 Å². The molecule has 2 rings (SSSR count). The lowest BCUT2D eigenvalue weighted by Gasteiger charge is -2.33. The van der Waals surface area contributed by atoms with Crippen molar-refractivity contribution in [2.75, 3.05) is 78.5 Å². The number of likely N-dealkylation sites (tertiary alicyclic amines) is 2. The van der Waals surface area contributed by atoms with E-state index in [0.29, 0.717) is 19.3 Å². The Morgan fingerprint density at radius 2 is 0.659 bits per heavy atom. The number of primary amides is 2. The molecule has 0 spiro atoms. The lowest BCUT2D eigenvalue weighted by atomic mass is 10.0. The first-order valence-corrected chi connectivity index (χ1v) is 41.4. The fourth-order valence-corrected chi connectivity index (χ4v) is 13.2. The zero-order valence-corrected chi connectivity index (χ0v) is 70.8. The summed E-state index contributed by atoms with van der Waals surface area (Å²) in [6, 6.07) is -18.3. The maximum atomic E-state index is 15.0.